The number of rotatable bonds is 4. The van der Waals surface area contributed by atoms with Crippen molar-refractivity contribution in [1.29, 1.82) is 0 Å². The predicted molar refractivity (Wildman–Crippen MR) is 107 cm³/mol. The molecule has 0 atom stereocenters. The molecule has 0 saturated heterocycles. The van der Waals surface area contributed by atoms with E-state index in [4.69, 9.17) is 16.3 Å². The van der Waals surface area contributed by atoms with E-state index < -0.39 is 5.97 Å². The van der Waals surface area contributed by atoms with Crippen LogP contribution in [0.25, 0.3) is 6.08 Å². The minimum Gasteiger partial charge on any atom is -0.462 e. The predicted octanol–water partition coefficient (Wildman–Crippen LogP) is 4.92. The lowest BCUT2D eigenvalue weighted by Crippen LogP contribution is -2.24. The van der Waals surface area contributed by atoms with Crippen molar-refractivity contribution in [1.82, 2.24) is 0 Å². The largest absolute Gasteiger partial charge is 0.462 e. The Labute approximate surface area is 163 Å². The summed E-state index contributed by atoms with van der Waals surface area (Å²) in [6.45, 7) is 5.72. The molecule has 2 aromatic carbocycles. The molecule has 0 spiro atoms. The number of benzene rings is 2. The maximum absolute atomic E-state index is 13.2. The van der Waals surface area contributed by atoms with E-state index >= 15 is 0 Å². The molecule has 4 nitrogen and oxygen atoms in total. The number of halogens is 1. The zero-order chi connectivity index (χ0) is 19.6. The zero-order valence-electron chi connectivity index (χ0n) is 15.5. The number of aryl methyl sites for hydroxylation is 1. The average Bonchev–Trinajstić information content (AvgIpc) is 2.88. The summed E-state index contributed by atoms with van der Waals surface area (Å²) in [4.78, 5) is 27.3. The van der Waals surface area contributed by atoms with Crippen molar-refractivity contribution in [2.24, 2.45) is 0 Å². The van der Waals surface area contributed by atoms with E-state index in [2.05, 4.69) is 0 Å². The van der Waals surface area contributed by atoms with Crippen LogP contribution in [0, 0.1) is 6.92 Å². The van der Waals surface area contributed by atoms with Gasteiger partial charge in [0.2, 0.25) is 0 Å². The number of carbonyl (C=O) groups is 2. The van der Waals surface area contributed by atoms with Gasteiger partial charge >= 0.3 is 5.97 Å². The van der Waals surface area contributed by atoms with Crippen molar-refractivity contribution in [3.05, 3.63) is 81.5 Å². The molecule has 138 valence electrons. The number of ether oxygens (including phenoxy) is 1. The van der Waals surface area contributed by atoms with Crippen molar-refractivity contribution >= 4 is 35.2 Å². The van der Waals surface area contributed by atoms with Gasteiger partial charge in [0.1, 0.15) is 0 Å². The third kappa shape index (κ3) is 3.81. The Morgan fingerprint density at radius 3 is 2.30 bits per heavy atom. The summed E-state index contributed by atoms with van der Waals surface area (Å²) < 4.78 is 5.20. The molecule has 5 heteroatoms. The highest BCUT2D eigenvalue weighted by Gasteiger charge is 2.38. The lowest BCUT2D eigenvalue weighted by atomic mass is 10.0. The molecule has 2 aromatic rings. The third-order valence-electron chi connectivity index (χ3n) is 4.35. The molecule has 0 bridgehead atoms. The van der Waals surface area contributed by atoms with E-state index in [1.54, 1.807) is 49.1 Å². The van der Waals surface area contributed by atoms with Crippen LogP contribution in [0.3, 0.4) is 0 Å². The fraction of sp³-hybridized carbons (Fsp3) is 0.182. The van der Waals surface area contributed by atoms with Gasteiger partial charge < -0.3 is 4.74 Å². The second-order valence-corrected chi connectivity index (χ2v) is 6.70. The summed E-state index contributed by atoms with van der Waals surface area (Å²) in [6, 6.07) is 14.7. The highest BCUT2D eigenvalue weighted by atomic mass is 35.5. The lowest BCUT2D eigenvalue weighted by Gasteiger charge is -2.18. The topological polar surface area (TPSA) is 46.6 Å². The van der Waals surface area contributed by atoms with Gasteiger partial charge in [0.25, 0.3) is 5.91 Å². The quantitative estimate of drug-likeness (QED) is 0.558. The number of esters is 1. The molecule has 3 rings (SSSR count). The molecular formula is C22H20ClNO3. The number of anilines is 1. The number of hydrogen-bond acceptors (Lipinski definition) is 3. The van der Waals surface area contributed by atoms with Crippen LogP contribution in [0.15, 0.2) is 65.4 Å². The van der Waals surface area contributed by atoms with Gasteiger partial charge in [-0.3, -0.25) is 9.69 Å². The first-order chi connectivity index (χ1) is 12.9. The van der Waals surface area contributed by atoms with Crippen molar-refractivity contribution < 1.29 is 14.3 Å². The molecule has 27 heavy (non-hydrogen) atoms. The monoisotopic (exact) mass is 381 g/mol. The van der Waals surface area contributed by atoms with Gasteiger partial charge in [-0.25, -0.2) is 4.79 Å². The molecule has 0 fully saturated rings. The van der Waals surface area contributed by atoms with E-state index in [0.717, 1.165) is 11.1 Å². The van der Waals surface area contributed by atoms with Crippen LogP contribution in [-0.4, -0.2) is 18.5 Å². The number of nitrogens with zero attached hydrogens (tertiary/aromatic N) is 1. The first kappa shape index (κ1) is 18.9. The van der Waals surface area contributed by atoms with Gasteiger partial charge in [-0.05, 0) is 56.7 Å². The molecule has 0 N–H and O–H groups in total. The molecule has 1 aliphatic heterocycles. The molecule has 0 unspecified atom stereocenters. The number of amides is 1. The summed E-state index contributed by atoms with van der Waals surface area (Å²) >= 11 is 5.94. The van der Waals surface area contributed by atoms with Gasteiger partial charge in [-0.15, -0.1) is 0 Å². The molecule has 0 aliphatic carbocycles. The van der Waals surface area contributed by atoms with Gasteiger partial charge in [0, 0.05) is 16.4 Å². The van der Waals surface area contributed by atoms with E-state index in [0.29, 0.717) is 22.0 Å². The average molecular weight is 382 g/mol. The fourth-order valence-corrected chi connectivity index (χ4v) is 3.14. The SMILES string of the molecule is CCOC(=O)C1=C(C)N(c2ccc(C)cc2)C(=O)C1=Cc1ccc(Cl)cc1. The Morgan fingerprint density at radius 2 is 1.70 bits per heavy atom. The summed E-state index contributed by atoms with van der Waals surface area (Å²) in [7, 11) is 0. The van der Waals surface area contributed by atoms with Crippen LogP contribution in [0.5, 0.6) is 0 Å². The molecule has 0 saturated carbocycles. The molecule has 0 aromatic heterocycles. The second-order valence-electron chi connectivity index (χ2n) is 6.27. The number of hydrogen-bond donors (Lipinski definition) is 0. The molecular weight excluding hydrogens is 362 g/mol. The van der Waals surface area contributed by atoms with Gasteiger partial charge in [0.15, 0.2) is 0 Å². The summed E-state index contributed by atoms with van der Waals surface area (Å²) in [5.41, 5.74) is 3.75. The van der Waals surface area contributed by atoms with Crippen molar-refractivity contribution in [3.8, 4) is 0 Å². The Bertz CT molecular complexity index is 941. The molecule has 0 radical (unpaired) electrons. The smallest absolute Gasteiger partial charge is 0.340 e. The minimum atomic E-state index is -0.502. The Balaban J connectivity index is 2.11. The third-order valence-corrected chi connectivity index (χ3v) is 4.60. The Hall–Kier alpha value is -2.85. The van der Waals surface area contributed by atoms with Crippen LogP contribution in [-0.2, 0) is 14.3 Å². The van der Waals surface area contributed by atoms with Crippen LogP contribution >= 0.6 is 11.6 Å². The number of allylic oxidation sites excluding steroid dienone is 1. The van der Waals surface area contributed by atoms with Crippen LogP contribution in [0.2, 0.25) is 5.02 Å². The summed E-state index contributed by atoms with van der Waals surface area (Å²) in [5.74, 6) is -0.757. The highest BCUT2D eigenvalue weighted by Crippen LogP contribution is 2.35. The maximum atomic E-state index is 13.2. The highest BCUT2D eigenvalue weighted by molar-refractivity contribution is 6.30. The van der Waals surface area contributed by atoms with E-state index in [1.165, 1.54) is 0 Å². The molecule has 1 heterocycles. The fourth-order valence-electron chi connectivity index (χ4n) is 3.01. The standard InChI is InChI=1S/C22H20ClNO3/c1-4-27-22(26)20-15(3)24(18-11-5-14(2)6-12-18)21(25)19(20)13-16-7-9-17(23)10-8-16/h5-13H,4H2,1-3H3. The Morgan fingerprint density at radius 1 is 1.07 bits per heavy atom. The van der Waals surface area contributed by atoms with E-state index in [9.17, 15) is 9.59 Å². The van der Waals surface area contributed by atoms with Gasteiger partial charge in [-0.1, -0.05) is 41.4 Å². The Kier molecular flexibility index (Phi) is 5.47. The van der Waals surface area contributed by atoms with Crippen molar-refractivity contribution in [3.63, 3.8) is 0 Å². The summed E-state index contributed by atoms with van der Waals surface area (Å²) in [5, 5.41) is 0.605. The first-order valence-electron chi connectivity index (χ1n) is 8.69. The first-order valence-corrected chi connectivity index (χ1v) is 9.07. The minimum absolute atomic E-state index is 0.239. The molecule has 1 amide bonds. The van der Waals surface area contributed by atoms with E-state index in [-0.39, 0.29) is 18.1 Å². The van der Waals surface area contributed by atoms with Gasteiger partial charge in [0.05, 0.1) is 17.8 Å². The van der Waals surface area contributed by atoms with Gasteiger partial charge in [-0.2, -0.15) is 0 Å². The van der Waals surface area contributed by atoms with E-state index in [1.807, 2.05) is 31.2 Å². The van der Waals surface area contributed by atoms with Crippen LogP contribution in [0.1, 0.15) is 25.0 Å². The van der Waals surface area contributed by atoms with Crippen molar-refractivity contribution in [2.75, 3.05) is 11.5 Å². The second kappa shape index (κ2) is 7.80. The zero-order valence-corrected chi connectivity index (χ0v) is 16.2. The van der Waals surface area contributed by atoms with Crippen molar-refractivity contribution in [2.45, 2.75) is 20.8 Å². The van der Waals surface area contributed by atoms with Crippen LogP contribution in [0.4, 0.5) is 5.69 Å². The van der Waals surface area contributed by atoms with Crippen LogP contribution < -0.4 is 4.90 Å². The molecule has 1 aliphatic rings. The lowest BCUT2D eigenvalue weighted by molar-refractivity contribution is -0.138. The maximum Gasteiger partial charge on any atom is 0.340 e. The summed E-state index contributed by atoms with van der Waals surface area (Å²) in [6.07, 6.45) is 1.70. The normalized spacial score (nSPS) is 15.6. The number of carbonyl (C=O) groups excluding carboxylic acids is 2.